The van der Waals surface area contributed by atoms with Crippen LogP contribution in [0.3, 0.4) is 0 Å². The van der Waals surface area contributed by atoms with Crippen LogP contribution in [0.2, 0.25) is 0 Å². The largest absolute Gasteiger partial charge is 0.325 e. The number of carbonyl (C=O) groups is 1. The van der Waals surface area contributed by atoms with E-state index in [2.05, 4.69) is 30.5 Å². The van der Waals surface area contributed by atoms with Crippen molar-refractivity contribution in [3.8, 4) is 11.4 Å². The second-order valence-electron chi connectivity index (χ2n) is 7.71. The number of pyridine rings is 1. The van der Waals surface area contributed by atoms with Crippen LogP contribution < -0.4 is 11.0 Å². The summed E-state index contributed by atoms with van der Waals surface area (Å²) in [6, 6.07) is 19.0. The van der Waals surface area contributed by atoms with Crippen molar-refractivity contribution in [2.24, 2.45) is 0 Å². The summed E-state index contributed by atoms with van der Waals surface area (Å²) in [7, 11) is 0. The molecule has 3 N–H and O–H groups in total. The zero-order chi connectivity index (χ0) is 23.5. The molecule has 5 aromatic rings. The molecule has 3 heterocycles. The maximum Gasteiger partial charge on any atom is 0.323 e. The highest BCUT2D eigenvalue weighted by Crippen LogP contribution is 2.28. The average molecular weight is 472 g/mol. The van der Waals surface area contributed by atoms with Crippen LogP contribution in [0.25, 0.3) is 22.4 Å². The number of thioether (sulfide) groups is 1. The van der Waals surface area contributed by atoms with Crippen molar-refractivity contribution < 1.29 is 4.79 Å². The van der Waals surface area contributed by atoms with Gasteiger partial charge in [-0.05, 0) is 42.8 Å². The van der Waals surface area contributed by atoms with E-state index < -0.39 is 5.25 Å². The molecule has 1 amide bonds. The zero-order valence-corrected chi connectivity index (χ0v) is 19.0. The van der Waals surface area contributed by atoms with E-state index >= 15 is 0 Å². The molecule has 3 aromatic heterocycles. The Labute approximate surface area is 198 Å². The number of fused-ring (bicyclic) bond motifs is 1. The van der Waals surface area contributed by atoms with Gasteiger partial charge in [-0.1, -0.05) is 42.1 Å². The monoisotopic (exact) mass is 471 g/mol. The molecular formula is C24H21N7O2S. The molecule has 170 valence electrons. The number of aromatic amines is 2. The van der Waals surface area contributed by atoms with E-state index in [0.717, 1.165) is 11.1 Å². The number of nitrogens with zero attached hydrogens (tertiary/aromatic N) is 4. The van der Waals surface area contributed by atoms with Crippen molar-refractivity contribution in [1.82, 2.24) is 29.7 Å². The van der Waals surface area contributed by atoms with Gasteiger partial charge >= 0.3 is 5.69 Å². The van der Waals surface area contributed by atoms with Crippen molar-refractivity contribution in [3.05, 3.63) is 89.1 Å². The number of hydrogen-bond donors (Lipinski definition) is 3. The number of benzene rings is 2. The van der Waals surface area contributed by atoms with Gasteiger partial charge in [-0.25, -0.2) is 4.79 Å². The molecule has 0 aliphatic rings. The first-order chi connectivity index (χ1) is 16.6. The van der Waals surface area contributed by atoms with Gasteiger partial charge in [0.1, 0.15) is 0 Å². The number of rotatable bonds is 7. The van der Waals surface area contributed by atoms with Crippen LogP contribution >= 0.6 is 11.8 Å². The average Bonchev–Trinajstić information content (AvgIpc) is 3.42. The van der Waals surface area contributed by atoms with Gasteiger partial charge in [0, 0.05) is 23.6 Å². The summed E-state index contributed by atoms with van der Waals surface area (Å²) in [5, 5.41) is 11.9. The summed E-state index contributed by atoms with van der Waals surface area (Å²) in [5.41, 5.74) is 3.57. The minimum Gasteiger partial charge on any atom is -0.325 e. The van der Waals surface area contributed by atoms with E-state index in [-0.39, 0.29) is 11.6 Å². The number of H-pyrrole nitrogens is 2. The number of carbonyl (C=O) groups excluding carboxylic acids is 1. The van der Waals surface area contributed by atoms with Crippen molar-refractivity contribution in [2.75, 3.05) is 5.32 Å². The van der Waals surface area contributed by atoms with Crippen molar-refractivity contribution >= 4 is 34.4 Å². The van der Waals surface area contributed by atoms with Gasteiger partial charge < -0.3 is 15.3 Å². The summed E-state index contributed by atoms with van der Waals surface area (Å²) < 4.78 is 2.00. The number of aromatic nitrogens is 6. The maximum atomic E-state index is 12.9. The number of hydrogen-bond acceptors (Lipinski definition) is 6. The molecule has 1 unspecified atom stereocenters. The Bertz CT molecular complexity index is 1490. The lowest BCUT2D eigenvalue weighted by atomic mass is 10.2. The quantitative estimate of drug-likeness (QED) is 0.311. The fourth-order valence-electron chi connectivity index (χ4n) is 3.56. The predicted molar refractivity (Wildman–Crippen MR) is 132 cm³/mol. The molecule has 9 nitrogen and oxygen atoms in total. The minimum atomic E-state index is -0.443. The lowest BCUT2D eigenvalue weighted by Crippen LogP contribution is -2.23. The zero-order valence-electron chi connectivity index (χ0n) is 18.2. The fraction of sp³-hybridized carbons (Fsp3) is 0.125. The normalized spacial score (nSPS) is 12.0. The summed E-state index contributed by atoms with van der Waals surface area (Å²) in [4.78, 5) is 34.0. The van der Waals surface area contributed by atoms with Gasteiger partial charge in [-0.3, -0.25) is 14.3 Å². The van der Waals surface area contributed by atoms with Crippen molar-refractivity contribution in [2.45, 2.75) is 23.9 Å². The van der Waals surface area contributed by atoms with Gasteiger partial charge in [0.25, 0.3) is 0 Å². The summed E-state index contributed by atoms with van der Waals surface area (Å²) in [6.45, 7) is 2.38. The Morgan fingerprint density at radius 3 is 2.68 bits per heavy atom. The van der Waals surface area contributed by atoms with E-state index in [9.17, 15) is 9.59 Å². The molecule has 0 aliphatic heterocycles. The molecule has 5 rings (SSSR count). The molecule has 0 saturated carbocycles. The molecule has 0 radical (unpaired) electrons. The summed E-state index contributed by atoms with van der Waals surface area (Å²) in [5.74, 6) is 0.508. The van der Waals surface area contributed by atoms with E-state index in [1.165, 1.54) is 11.8 Å². The third kappa shape index (κ3) is 4.62. The van der Waals surface area contributed by atoms with Crippen LogP contribution in [0.15, 0.2) is 83.0 Å². The van der Waals surface area contributed by atoms with E-state index in [0.29, 0.717) is 34.2 Å². The molecule has 34 heavy (non-hydrogen) atoms. The molecule has 0 saturated heterocycles. The Hall–Kier alpha value is -4.18. The van der Waals surface area contributed by atoms with Crippen LogP contribution in [0.5, 0.6) is 0 Å². The molecule has 0 bridgehead atoms. The predicted octanol–water partition coefficient (Wildman–Crippen LogP) is 3.68. The number of nitrogens with one attached hydrogen (secondary N) is 3. The Balaban J connectivity index is 1.38. The Kier molecular flexibility index (Phi) is 5.96. The van der Waals surface area contributed by atoms with E-state index in [1.54, 1.807) is 30.6 Å². The van der Waals surface area contributed by atoms with Crippen LogP contribution in [0.4, 0.5) is 5.69 Å². The Morgan fingerprint density at radius 2 is 1.88 bits per heavy atom. The lowest BCUT2D eigenvalue weighted by molar-refractivity contribution is -0.115. The summed E-state index contributed by atoms with van der Waals surface area (Å²) in [6.07, 6.45) is 3.46. The minimum absolute atomic E-state index is 0.181. The van der Waals surface area contributed by atoms with Crippen molar-refractivity contribution in [3.63, 3.8) is 0 Å². The van der Waals surface area contributed by atoms with E-state index in [1.807, 2.05) is 54.0 Å². The number of amides is 1. The van der Waals surface area contributed by atoms with Crippen LogP contribution in [-0.4, -0.2) is 40.9 Å². The van der Waals surface area contributed by atoms with Crippen LogP contribution in [0, 0.1) is 0 Å². The van der Waals surface area contributed by atoms with Crippen molar-refractivity contribution in [1.29, 1.82) is 0 Å². The van der Waals surface area contributed by atoms with Crippen LogP contribution in [0.1, 0.15) is 12.5 Å². The smallest absolute Gasteiger partial charge is 0.323 e. The van der Waals surface area contributed by atoms with Gasteiger partial charge in [-0.15, -0.1) is 10.2 Å². The second-order valence-corrected chi connectivity index (χ2v) is 9.02. The molecule has 10 heteroatoms. The number of imidazole rings is 1. The van der Waals surface area contributed by atoms with Gasteiger partial charge in [0.15, 0.2) is 11.0 Å². The second kappa shape index (κ2) is 9.36. The molecule has 0 spiro atoms. The first kappa shape index (κ1) is 21.7. The first-order valence-electron chi connectivity index (χ1n) is 10.6. The highest BCUT2D eigenvalue weighted by Gasteiger charge is 2.21. The van der Waals surface area contributed by atoms with Crippen LogP contribution in [-0.2, 0) is 11.3 Å². The van der Waals surface area contributed by atoms with Gasteiger partial charge in [0.2, 0.25) is 5.91 Å². The molecular weight excluding hydrogens is 450 g/mol. The summed E-state index contributed by atoms with van der Waals surface area (Å²) >= 11 is 1.33. The molecule has 0 fully saturated rings. The molecule has 2 aromatic carbocycles. The Morgan fingerprint density at radius 1 is 1.06 bits per heavy atom. The van der Waals surface area contributed by atoms with Gasteiger partial charge in [-0.2, -0.15) is 0 Å². The third-order valence-corrected chi connectivity index (χ3v) is 6.34. The fourth-order valence-corrected chi connectivity index (χ4v) is 4.41. The standard InChI is InChI=1S/C24H21N7O2S/c1-15(22(32)26-18-9-10-19-20(12-18)28-23(33)27-19)34-24-30-29-21(17-8-5-11-25-13-17)31(24)14-16-6-3-2-4-7-16/h2-13,15H,14H2,1H3,(H,26,32)(H2,27,28,33). The van der Waals surface area contributed by atoms with Gasteiger partial charge in [0.05, 0.1) is 22.8 Å². The third-order valence-electron chi connectivity index (χ3n) is 5.26. The van der Waals surface area contributed by atoms with E-state index in [4.69, 9.17) is 0 Å². The number of anilines is 1. The highest BCUT2D eigenvalue weighted by atomic mass is 32.2. The molecule has 1 atom stereocenters. The topological polar surface area (TPSA) is 121 Å². The maximum absolute atomic E-state index is 12.9. The highest BCUT2D eigenvalue weighted by molar-refractivity contribution is 8.00. The SMILES string of the molecule is CC(Sc1nnc(-c2cccnc2)n1Cc1ccccc1)C(=O)Nc1ccc2[nH]c(=O)[nH]c2c1. The lowest BCUT2D eigenvalue weighted by Gasteiger charge is -2.14. The molecule has 0 aliphatic carbocycles. The first-order valence-corrected chi connectivity index (χ1v) is 11.5.